The van der Waals surface area contributed by atoms with E-state index in [0.717, 1.165) is 0 Å². The Hall–Kier alpha value is -0.580. The summed E-state index contributed by atoms with van der Waals surface area (Å²) in [5.74, 6) is 0.0551. The van der Waals surface area contributed by atoms with Crippen LogP contribution in [0.2, 0.25) is 4.34 Å². The Kier molecular flexibility index (Phi) is 3.52. The molecule has 1 aliphatic heterocycles. The monoisotopic (exact) mass is 259 g/mol. The molecule has 0 N–H and O–H groups in total. The molecule has 16 heavy (non-hydrogen) atoms. The van der Waals surface area contributed by atoms with Crippen molar-refractivity contribution in [3.63, 3.8) is 0 Å². The van der Waals surface area contributed by atoms with Gasteiger partial charge in [-0.1, -0.05) is 11.6 Å². The number of hydrogen-bond donors (Lipinski definition) is 0. The van der Waals surface area contributed by atoms with Gasteiger partial charge in [0.05, 0.1) is 28.0 Å². The van der Waals surface area contributed by atoms with E-state index in [-0.39, 0.29) is 18.1 Å². The van der Waals surface area contributed by atoms with E-state index < -0.39 is 0 Å². The maximum atomic E-state index is 12.2. The summed E-state index contributed by atoms with van der Waals surface area (Å²) in [6.07, 6.45) is 0.107. The molecule has 1 amide bonds. The van der Waals surface area contributed by atoms with Crippen molar-refractivity contribution in [1.29, 1.82) is 0 Å². The Morgan fingerprint density at radius 3 is 2.94 bits per heavy atom. The highest BCUT2D eigenvalue weighted by atomic mass is 35.5. The van der Waals surface area contributed by atoms with Crippen molar-refractivity contribution in [1.82, 2.24) is 4.90 Å². The SMILES string of the molecule is CC1CN(C(=O)c2ccc(Cl)s2)C(C)CO1. The smallest absolute Gasteiger partial charge is 0.264 e. The van der Waals surface area contributed by atoms with Crippen molar-refractivity contribution in [2.45, 2.75) is 26.0 Å². The van der Waals surface area contributed by atoms with Crippen molar-refractivity contribution in [3.8, 4) is 0 Å². The van der Waals surface area contributed by atoms with E-state index in [1.807, 2.05) is 18.7 Å². The Balaban J connectivity index is 2.14. The fourth-order valence-corrected chi connectivity index (χ4v) is 2.76. The number of hydrogen-bond acceptors (Lipinski definition) is 3. The lowest BCUT2D eigenvalue weighted by Gasteiger charge is -2.36. The van der Waals surface area contributed by atoms with Crippen LogP contribution >= 0.6 is 22.9 Å². The summed E-state index contributed by atoms with van der Waals surface area (Å²) in [5.41, 5.74) is 0. The Morgan fingerprint density at radius 2 is 2.31 bits per heavy atom. The molecular formula is C11H14ClNO2S. The van der Waals surface area contributed by atoms with Crippen LogP contribution in [-0.4, -0.2) is 36.1 Å². The second-order valence-corrected chi connectivity index (χ2v) is 5.77. The zero-order valence-electron chi connectivity index (χ0n) is 9.27. The van der Waals surface area contributed by atoms with E-state index in [0.29, 0.717) is 22.4 Å². The first-order chi connectivity index (χ1) is 7.58. The first kappa shape index (κ1) is 11.9. The zero-order valence-corrected chi connectivity index (χ0v) is 10.8. The number of halogens is 1. The zero-order chi connectivity index (χ0) is 11.7. The molecule has 5 heteroatoms. The molecule has 0 spiro atoms. The minimum Gasteiger partial charge on any atom is -0.375 e. The first-order valence-corrected chi connectivity index (χ1v) is 6.45. The number of carbonyl (C=O) groups is 1. The van der Waals surface area contributed by atoms with Crippen LogP contribution in [0, 0.1) is 0 Å². The fraction of sp³-hybridized carbons (Fsp3) is 0.545. The summed E-state index contributed by atoms with van der Waals surface area (Å²) in [7, 11) is 0. The van der Waals surface area contributed by atoms with Crippen molar-refractivity contribution >= 4 is 28.8 Å². The van der Waals surface area contributed by atoms with E-state index in [2.05, 4.69) is 0 Å². The van der Waals surface area contributed by atoms with Gasteiger partial charge in [0.15, 0.2) is 0 Å². The first-order valence-electron chi connectivity index (χ1n) is 5.26. The molecule has 2 atom stereocenters. The summed E-state index contributed by atoms with van der Waals surface area (Å²) >= 11 is 7.16. The maximum absolute atomic E-state index is 12.2. The summed E-state index contributed by atoms with van der Waals surface area (Å²) in [6, 6.07) is 3.67. The van der Waals surface area contributed by atoms with Gasteiger partial charge in [-0.3, -0.25) is 4.79 Å². The number of carbonyl (C=O) groups excluding carboxylic acids is 1. The van der Waals surface area contributed by atoms with E-state index in [9.17, 15) is 4.79 Å². The van der Waals surface area contributed by atoms with Crippen molar-refractivity contribution in [3.05, 3.63) is 21.3 Å². The van der Waals surface area contributed by atoms with Crippen molar-refractivity contribution < 1.29 is 9.53 Å². The largest absolute Gasteiger partial charge is 0.375 e. The van der Waals surface area contributed by atoms with E-state index in [1.165, 1.54) is 11.3 Å². The molecule has 2 rings (SSSR count). The van der Waals surface area contributed by atoms with Gasteiger partial charge in [0.2, 0.25) is 0 Å². The number of amides is 1. The second-order valence-electron chi connectivity index (χ2n) is 4.05. The Morgan fingerprint density at radius 1 is 1.56 bits per heavy atom. The third kappa shape index (κ3) is 2.39. The summed E-state index contributed by atoms with van der Waals surface area (Å²) in [4.78, 5) is 14.7. The molecule has 1 saturated heterocycles. The van der Waals surface area contributed by atoms with E-state index >= 15 is 0 Å². The van der Waals surface area contributed by atoms with Crippen LogP contribution in [0.1, 0.15) is 23.5 Å². The van der Waals surface area contributed by atoms with Gasteiger partial charge in [0.25, 0.3) is 5.91 Å². The molecular weight excluding hydrogens is 246 g/mol. The van der Waals surface area contributed by atoms with Crippen LogP contribution in [0.5, 0.6) is 0 Å². The summed E-state index contributed by atoms with van der Waals surface area (Å²) in [5, 5.41) is 0. The standard InChI is InChI=1S/C11H14ClNO2S/c1-7-6-15-8(2)5-13(7)11(14)9-3-4-10(12)16-9/h3-4,7-8H,5-6H2,1-2H3. The molecule has 1 aromatic rings. The third-order valence-corrected chi connectivity index (χ3v) is 3.87. The molecule has 2 heterocycles. The topological polar surface area (TPSA) is 29.5 Å². The number of thiophene rings is 1. The molecule has 88 valence electrons. The van der Waals surface area contributed by atoms with Crippen LogP contribution in [-0.2, 0) is 4.74 Å². The average Bonchev–Trinajstić information content (AvgIpc) is 2.67. The highest BCUT2D eigenvalue weighted by molar-refractivity contribution is 7.17. The van der Waals surface area contributed by atoms with Gasteiger partial charge in [0.1, 0.15) is 0 Å². The molecule has 0 radical (unpaired) electrons. The predicted octanol–water partition coefficient (Wildman–Crippen LogP) is 2.65. The predicted molar refractivity (Wildman–Crippen MR) is 65.2 cm³/mol. The Bertz CT molecular complexity index is 393. The second kappa shape index (κ2) is 4.73. The Labute approximate surface area is 104 Å². The molecule has 1 aliphatic rings. The van der Waals surface area contributed by atoms with Crippen molar-refractivity contribution in [2.75, 3.05) is 13.2 Å². The van der Waals surface area contributed by atoms with Gasteiger partial charge < -0.3 is 9.64 Å². The van der Waals surface area contributed by atoms with Crippen molar-refractivity contribution in [2.24, 2.45) is 0 Å². The molecule has 0 bridgehead atoms. The van der Waals surface area contributed by atoms with Crippen LogP contribution in [0.4, 0.5) is 0 Å². The number of morpholine rings is 1. The molecule has 1 fully saturated rings. The van der Waals surface area contributed by atoms with Gasteiger partial charge in [-0.05, 0) is 26.0 Å². The lowest BCUT2D eigenvalue weighted by Crippen LogP contribution is -2.50. The van der Waals surface area contributed by atoms with Gasteiger partial charge >= 0.3 is 0 Å². The third-order valence-electron chi connectivity index (χ3n) is 2.65. The average molecular weight is 260 g/mol. The molecule has 1 aromatic heterocycles. The quantitative estimate of drug-likeness (QED) is 0.776. The molecule has 3 nitrogen and oxygen atoms in total. The van der Waals surface area contributed by atoms with Crippen LogP contribution in [0.3, 0.4) is 0 Å². The van der Waals surface area contributed by atoms with Crippen LogP contribution in [0.15, 0.2) is 12.1 Å². The number of rotatable bonds is 1. The maximum Gasteiger partial charge on any atom is 0.264 e. The van der Waals surface area contributed by atoms with Crippen LogP contribution < -0.4 is 0 Å². The minimum absolute atomic E-state index is 0.0551. The van der Waals surface area contributed by atoms with Gasteiger partial charge in [-0.25, -0.2) is 0 Å². The van der Waals surface area contributed by atoms with Crippen LogP contribution in [0.25, 0.3) is 0 Å². The highest BCUT2D eigenvalue weighted by Crippen LogP contribution is 2.24. The normalized spacial score (nSPS) is 25.8. The fourth-order valence-electron chi connectivity index (χ4n) is 1.76. The minimum atomic E-state index is 0.0551. The molecule has 2 unspecified atom stereocenters. The molecule has 0 saturated carbocycles. The van der Waals surface area contributed by atoms with E-state index in [4.69, 9.17) is 16.3 Å². The summed E-state index contributed by atoms with van der Waals surface area (Å²) < 4.78 is 6.15. The number of nitrogens with zero attached hydrogens (tertiary/aromatic N) is 1. The molecule has 0 aliphatic carbocycles. The lowest BCUT2D eigenvalue weighted by atomic mass is 10.2. The van der Waals surface area contributed by atoms with E-state index in [1.54, 1.807) is 12.1 Å². The van der Waals surface area contributed by atoms with Gasteiger partial charge in [-0.2, -0.15) is 0 Å². The lowest BCUT2D eigenvalue weighted by molar-refractivity contribution is -0.0385. The highest BCUT2D eigenvalue weighted by Gasteiger charge is 2.28. The van der Waals surface area contributed by atoms with Gasteiger partial charge in [-0.15, -0.1) is 11.3 Å². The number of ether oxygens (including phenoxy) is 1. The van der Waals surface area contributed by atoms with Gasteiger partial charge in [0, 0.05) is 6.54 Å². The molecule has 0 aromatic carbocycles. The summed E-state index contributed by atoms with van der Waals surface area (Å²) in [6.45, 7) is 5.23.